The molecule has 30 heavy (non-hydrogen) atoms. The Labute approximate surface area is 191 Å². The third-order valence-electron chi connectivity index (χ3n) is 5.57. The summed E-state index contributed by atoms with van der Waals surface area (Å²) in [4.78, 5) is 15.0. The fraction of sp³-hybridized carbons (Fsp3) is 0.571. The normalized spacial score (nSPS) is 15.2. The zero-order valence-corrected chi connectivity index (χ0v) is 19.4. The summed E-state index contributed by atoms with van der Waals surface area (Å²) in [7, 11) is 0. The van der Waals surface area contributed by atoms with Gasteiger partial charge in [0.25, 0.3) is 5.91 Å². The minimum Gasteiger partial charge on any atom is -0.349 e. The molecule has 1 aliphatic heterocycles. The molecule has 1 amide bonds. The summed E-state index contributed by atoms with van der Waals surface area (Å²) < 4.78 is 1.85. The van der Waals surface area contributed by atoms with Crippen molar-refractivity contribution >= 4 is 30.7 Å². The lowest BCUT2D eigenvalue weighted by Gasteiger charge is -2.30. The van der Waals surface area contributed by atoms with E-state index in [0.29, 0.717) is 18.3 Å². The Hall–Kier alpha value is -1.67. The zero-order chi connectivity index (χ0) is 19.8. The number of nitrogens with one attached hydrogen (secondary N) is 2. The second kappa shape index (κ2) is 13.6. The average Bonchev–Trinajstić information content (AvgIpc) is 3.24. The third-order valence-corrected chi connectivity index (χ3v) is 5.57. The highest BCUT2D eigenvalue weighted by Crippen LogP contribution is 2.17. The van der Waals surface area contributed by atoms with Gasteiger partial charge in [0.15, 0.2) is 5.69 Å². The molecule has 2 N–H and O–H groups in total. The van der Waals surface area contributed by atoms with Crippen molar-refractivity contribution in [2.24, 2.45) is 0 Å². The van der Waals surface area contributed by atoms with Crippen LogP contribution < -0.4 is 10.6 Å². The lowest BCUT2D eigenvalue weighted by molar-refractivity contribution is 0.0929. The van der Waals surface area contributed by atoms with Crippen LogP contribution in [-0.2, 0) is 6.42 Å². The lowest BCUT2D eigenvalue weighted by atomic mass is 10.0. The molecule has 0 spiro atoms. The molecule has 2 heterocycles. The van der Waals surface area contributed by atoms with Crippen LogP contribution in [0.4, 0.5) is 0 Å². The predicted molar refractivity (Wildman–Crippen MR) is 125 cm³/mol. The fourth-order valence-corrected chi connectivity index (χ4v) is 3.89. The molecule has 0 bridgehead atoms. The van der Waals surface area contributed by atoms with Crippen molar-refractivity contribution in [3.05, 3.63) is 47.8 Å². The minimum absolute atomic E-state index is 0. The quantitative estimate of drug-likeness (QED) is 0.606. The maximum Gasteiger partial charge on any atom is 0.273 e. The number of aromatic nitrogens is 3. The molecule has 1 fully saturated rings. The van der Waals surface area contributed by atoms with Crippen LogP contribution in [0, 0.1) is 0 Å². The molecule has 1 unspecified atom stereocenters. The molecule has 1 saturated heterocycles. The summed E-state index contributed by atoms with van der Waals surface area (Å²) in [5.41, 5.74) is 1.68. The van der Waals surface area contributed by atoms with E-state index >= 15 is 0 Å². The molecule has 1 aromatic carbocycles. The Morgan fingerprint density at radius 1 is 1.20 bits per heavy atom. The maximum absolute atomic E-state index is 12.6. The van der Waals surface area contributed by atoms with Crippen molar-refractivity contribution in [3.63, 3.8) is 0 Å². The monoisotopic (exact) mass is 456 g/mol. The molecule has 1 aliphatic rings. The van der Waals surface area contributed by atoms with Crippen LogP contribution in [0.15, 0.2) is 36.5 Å². The number of amides is 1. The summed E-state index contributed by atoms with van der Waals surface area (Å²) in [5, 5.41) is 14.7. The molecule has 9 heteroatoms. The number of hydrogen-bond acceptors (Lipinski definition) is 5. The highest BCUT2D eigenvalue weighted by molar-refractivity contribution is 5.91. The fourth-order valence-electron chi connectivity index (χ4n) is 3.89. The van der Waals surface area contributed by atoms with E-state index in [1.165, 1.54) is 5.56 Å². The van der Waals surface area contributed by atoms with Crippen molar-refractivity contribution in [2.45, 2.75) is 45.2 Å². The van der Waals surface area contributed by atoms with Crippen LogP contribution in [0.5, 0.6) is 0 Å². The smallest absolute Gasteiger partial charge is 0.273 e. The summed E-state index contributed by atoms with van der Waals surface area (Å²) >= 11 is 0. The summed E-state index contributed by atoms with van der Waals surface area (Å²) in [6, 6.07) is 11.0. The highest BCUT2D eigenvalue weighted by atomic mass is 35.5. The van der Waals surface area contributed by atoms with E-state index in [1.54, 1.807) is 6.20 Å². The van der Waals surface area contributed by atoms with Gasteiger partial charge >= 0.3 is 0 Å². The molecule has 0 aliphatic carbocycles. The first-order valence-corrected chi connectivity index (χ1v) is 10.4. The molecule has 1 atom stereocenters. The Morgan fingerprint density at radius 2 is 1.87 bits per heavy atom. The molecule has 3 rings (SSSR count). The van der Waals surface area contributed by atoms with E-state index in [0.717, 1.165) is 45.4 Å². The Kier molecular flexibility index (Phi) is 11.9. The molecular weight excluding hydrogens is 423 g/mol. The van der Waals surface area contributed by atoms with Crippen LogP contribution in [-0.4, -0.2) is 64.6 Å². The van der Waals surface area contributed by atoms with E-state index < -0.39 is 0 Å². The summed E-state index contributed by atoms with van der Waals surface area (Å²) in [6.07, 6.45) is 4.73. The van der Waals surface area contributed by atoms with Crippen molar-refractivity contribution in [1.82, 2.24) is 30.5 Å². The molecule has 168 valence electrons. The Morgan fingerprint density at radius 3 is 2.50 bits per heavy atom. The van der Waals surface area contributed by atoms with Crippen LogP contribution >= 0.6 is 24.8 Å². The molecular formula is C21H34Cl2N6O. The molecule has 2 aromatic rings. The van der Waals surface area contributed by atoms with Crippen LogP contribution in [0.1, 0.15) is 48.8 Å². The summed E-state index contributed by atoms with van der Waals surface area (Å²) in [5.74, 6) is -0.148. The molecule has 0 radical (unpaired) electrons. The SMILES string of the molecule is CCN(CC)C(CNC(=O)c1cn(C2CCNCC2)nn1)Cc1ccccc1.Cl.Cl. The standard InChI is InChI=1S/C21H32N6O.2ClH/c1-3-26(4-2)19(14-17-8-6-5-7-9-17)15-23-21(28)20-16-27(25-24-20)18-10-12-22-13-11-18;;/h5-9,16,18-19,22H,3-4,10-15H2,1-2H3,(H,23,28);2*1H. The number of hydrogen-bond donors (Lipinski definition) is 2. The average molecular weight is 457 g/mol. The Bertz CT molecular complexity index is 732. The second-order valence-electron chi connectivity index (χ2n) is 7.34. The van der Waals surface area contributed by atoms with Gasteiger partial charge in [-0.25, -0.2) is 4.68 Å². The molecule has 1 aromatic heterocycles. The number of carbonyl (C=O) groups is 1. The van der Waals surface area contributed by atoms with Crippen LogP contribution in [0.2, 0.25) is 0 Å². The number of halogens is 2. The topological polar surface area (TPSA) is 75.1 Å². The van der Waals surface area contributed by atoms with Gasteiger partial charge in [0.1, 0.15) is 0 Å². The van der Waals surface area contributed by atoms with Crippen molar-refractivity contribution in [3.8, 4) is 0 Å². The number of likely N-dealkylation sites (N-methyl/N-ethyl adjacent to an activating group) is 1. The van der Waals surface area contributed by atoms with Crippen LogP contribution in [0.3, 0.4) is 0 Å². The number of rotatable bonds is 9. The van der Waals surface area contributed by atoms with Gasteiger partial charge in [-0.15, -0.1) is 29.9 Å². The highest BCUT2D eigenvalue weighted by Gasteiger charge is 2.21. The van der Waals surface area contributed by atoms with Gasteiger partial charge in [-0.05, 0) is 51.0 Å². The van der Waals surface area contributed by atoms with Gasteiger partial charge in [-0.3, -0.25) is 9.69 Å². The number of carbonyl (C=O) groups excluding carboxylic acids is 1. The van der Waals surface area contributed by atoms with Gasteiger partial charge in [0.2, 0.25) is 0 Å². The third kappa shape index (κ3) is 7.23. The predicted octanol–water partition coefficient (Wildman–Crippen LogP) is 2.73. The molecule has 0 saturated carbocycles. The van der Waals surface area contributed by atoms with E-state index in [4.69, 9.17) is 0 Å². The number of benzene rings is 1. The zero-order valence-electron chi connectivity index (χ0n) is 17.8. The first kappa shape index (κ1) is 26.4. The second-order valence-corrected chi connectivity index (χ2v) is 7.34. The van der Waals surface area contributed by atoms with Crippen molar-refractivity contribution < 1.29 is 4.79 Å². The van der Waals surface area contributed by atoms with Gasteiger partial charge < -0.3 is 10.6 Å². The van der Waals surface area contributed by atoms with E-state index in [2.05, 4.69) is 64.0 Å². The Balaban J connectivity index is 0.00000225. The number of nitrogens with zero attached hydrogens (tertiary/aromatic N) is 4. The lowest BCUT2D eigenvalue weighted by Crippen LogP contribution is -2.45. The maximum atomic E-state index is 12.6. The van der Waals surface area contributed by atoms with Gasteiger partial charge in [-0.2, -0.15) is 0 Å². The van der Waals surface area contributed by atoms with Gasteiger partial charge in [-0.1, -0.05) is 49.4 Å². The van der Waals surface area contributed by atoms with Gasteiger partial charge in [0.05, 0.1) is 12.2 Å². The summed E-state index contributed by atoms with van der Waals surface area (Å²) in [6.45, 7) is 8.79. The van der Waals surface area contributed by atoms with E-state index in [-0.39, 0.29) is 36.8 Å². The van der Waals surface area contributed by atoms with Crippen molar-refractivity contribution in [2.75, 3.05) is 32.7 Å². The van der Waals surface area contributed by atoms with Gasteiger partial charge in [0, 0.05) is 12.6 Å². The van der Waals surface area contributed by atoms with E-state index in [9.17, 15) is 4.79 Å². The van der Waals surface area contributed by atoms with Crippen LogP contribution in [0.25, 0.3) is 0 Å². The largest absolute Gasteiger partial charge is 0.349 e. The minimum atomic E-state index is -0.148. The number of piperidine rings is 1. The first-order chi connectivity index (χ1) is 13.7. The molecule has 7 nitrogen and oxygen atoms in total. The first-order valence-electron chi connectivity index (χ1n) is 10.4. The van der Waals surface area contributed by atoms with E-state index in [1.807, 2.05) is 10.7 Å². The van der Waals surface area contributed by atoms with Crippen molar-refractivity contribution in [1.29, 1.82) is 0 Å².